The summed E-state index contributed by atoms with van der Waals surface area (Å²) in [6.07, 6.45) is 8.64. The predicted octanol–water partition coefficient (Wildman–Crippen LogP) is 1.87. The highest BCUT2D eigenvalue weighted by atomic mass is 16.2. The largest absolute Gasteiger partial charge is 0.339 e. The maximum Gasteiger partial charge on any atom is 0.222 e. The number of carbonyl (C=O) groups excluding carboxylic acids is 1. The van der Waals surface area contributed by atoms with Gasteiger partial charge < -0.3 is 4.90 Å². The molecule has 0 aromatic rings. The van der Waals surface area contributed by atoms with Crippen LogP contribution in [0.25, 0.3) is 0 Å². The minimum atomic E-state index is 0.451. The zero-order valence-electron chi connectivity index (χ0n) is 11.2. The number of hydrogen-bond donors (Lipinski definition) is 0. The summed E-state index contributed by atoms with van der Waals surface area (Å²) in [7, 11) is 0. The van der Waals surface area contributed by atoms with Crippen LogP contribution in [0.4, 0.5) is 0 Å². The molecule has 0 saturated carbocycles. The van der Waals surface area contributed by atoms with Crippen molar-refractivity contribution in [2.75, 3.05) is 19.6 Å². The average molecular weight is 248 g/mol. The van der Waals surface area contributed by atoms with Crippen LogP contribution in [0.15, 0.2) is 0 Å². The lowest BCUT2D eigenvalue weighted by molar-refractivity contribution is -0.150. The molecule has 0 radical (unpaired) electrons. The second-order valence-corrected chi connectivity index (χ2v) is 6.74. The molecule has 3 nitrogen and oxygen atoms in total. The van der Waals surface area contributed by atoms with Crippen molar-refractivity contribution in [2.24, 2.45) is 11.8 Å². The molecule has 0 spiro atoms. The molecule has 4 aliphatic rings. The van der Waals surface area contributed by atoms with Crippen LogP contribution in [0.3, 0.4) is 0 Å². The first-order valence-corrected chi connectivity index (χ1v) is 7.88. The highest BCUT2D eigenvalue weighted by molar-refractivity contribution is 5.77. The monoisotopic (exact) mass is 248 g/mol. The minimum Gasteiger partial charge on any atom is -0.339 e. The predicted molar refractivity (Wildman–Crippen MR) is 70.2 cm³/mol. The summed E-state index contributed by atoms with van der Waals surface area (Å²) in [6, 6.07) is 1.41. The second kappa shape index (κ2) is 4.22. The van der Waals surface area contributed by atoms with Gasteiger partial charge in [0.25, 0.3) is 0 Å². The van der Waals surface area contributed by atoms with Gasteiger partial charge in [0, 0.05) is 25.0 Å². The van der Waals surface area contributed by atoms with Crippen LogP contribution in [0.5, 0.6) is 0 Å². The average Bonchev–Trinajstić information content (AvgIpc) is 2.41. The van der Waals surface area contributed by atoms with Crippen molar-refractivity contribution in [3.05, 3.63) is 0 Å². The van der Waals surface area contributed by atoms with Crippen LogP contribution in [0, 0.1) is 11.8 Å². The molecule has 1 amide bonds. The summed E-state index contributed by atoms with van der Waals surface area (Å²) in [4.78, 5) is 17.2. The van der Waals surface area contributed by atoms with Gasteiger partial charge in [0.1, 0.15) is 0 Å². The molecule has 0 aromatic carbocycles. The summed E-state index contributed by atoms with van der Waals surface area (Å²) >= 11 is 0. The fraction of sp³-hybridized carbons (Fsp3) is 0.933. The number of nitrogens with zero attached hydrogens (tertiary/aromatic N) is 2. The molecule has 4 aliphatic heterocycles. The lowest BCUT2D eigenvalue weighted by Crippen LogP contribution is -2.66. The molecule has 4 heterocycles. The summed E-state index contributed by atoms with van der Waals surface area (Å²) in [6.45, 7) is 3.71. The molecule has 4 saturated heterocycles. The molecule has 4 atom stereocenters. The van der Waals surface area contributed by atoms with Crippen LogP contribution in [-0.2, 0) is 4.79 Å². The zero-order chi connectivity index (χ0) is 12.1. The fourth-order valence-electron chi connectivity index (χ4n) is 5.26. The molecule has 2 unspecified atom stereocenters. The van der Waals surface area contributed by atoms with E-state index >= 15 is 0 Å². The Kier molecular flexibility index (Phi) is 2.65. The van der Waals surface area contributed by atoms with Crippen LogP contribution in [0.1, 0.15) is 44.9 Å². The van der Waals surface area contributed by atoms with Gasteiger partial charge in [-0.2, -0.15) is 0 Å². The Balaban J connectivity index is 1.66. The van der Waals surface area contributed by atoms with Crippen LogP contribution >= 0.6 is 0 Å². The van der Waals surface area contributed by atoms with Crippen molar-refractivity contribution in [1.29, 1.82) is 0 Å². The lowest BCUT2D eigenvalue weighted by atomic mass is 9.68. The van der Waals surface area contributed by atoms with Gasteiger partial charge in [-0.25, -0.2) is 0 Å². The molecule has 0 aliphatic carbocycles. The van der Waals surface area contributed by atoms with E-state index in [-0.39, 0.29) is 0 Å². The van der Waals surface area contributed by atoms with E-state index in [2.05, 4.69) is 9.80 Å². The van der Waals surface area contributed by atoms with E-state index in [1.807, 2.05) is 0 Å². The lowest BCUT2D eigenvalue weighted by Gasteiger charge is -2.58. The van der Waals surface area contributed by atoms with Crippen LogP contribution in [-0.4, -0.2) is 47.4 Å². The SMILES string of the molecule is O=C1CCC[C@@H]2C3CCCN4CCCC(CN12)[C@H]34. The Morgan fingerprint density at radius 2 is 1.83 bits per heavy atom. The Morgan fingerprint density at radius 3 is 2.72 bits per heavy atom. The normalized spacial score (nSPS) is 44.4. The van der Waals surface area contributed by atoms with E-state index in [0.717, 1.165) is 37.3 Å². The van der Waals surface area contributed by atoms with Crippen molar-refractivity contribution in [2.45, 2.75) is 57.0 Å². The molecular weight excluding hydrogens is 224 g/mol. The molecule has 3 heteroatoms. The summed E-state index contributed by atoms with van der Waals surface area (Å²) in [5, 5.41) is 0. The van der Waals surface area contributed by atoms with E-state index in [9.17, 15) is 4.79 Å². The third-order valence-corrected chi connectivity index (χ3v) is 5.88. The van der Waals surface area contributed by atoms with Crippen LogP contribution in [0.2, 0.25) is 0 Å². The number of fused-ring (bicyclic) bond motifs is 2. The molecule has 4 fully saturated rings. The first-order valence-electron chi connectivity index (χ1n) is 7.88. The topological polar surface area (TPSA) is 23.6 Å². The summed E-state index contributed by atoms with van der Waals surface area (Å²) in [5.74, 6) is 2.02. The maximum absolute atomic E-state index is 12.2. The van der Waals surface area contributed by atoms with E-state index in [0.29, 0.717) is 11.9 Å². The molecular formula is C15H24N2O. The van der Waals surface area contributed by atoms with E-state index in [4.69, 9.17) is 0 Å². The third-order valence-electron chi connectivity index (χ3n) is 5.88. The first kappa shape index (κ1) is 11.3. The maximum atomic E-state index is 12.2. The Morgan fingerprint density at radius 1 is 1.00 bits per heavy atom. The Labute approximate surface area is 110 Å². The van der Waals surface area contributed by atoms with Gasteiger partial charge in [0.15, 0.2) is 0 Å². The number of carbonyl (C=O) groups is 1. The third kappa shape index (κ3) is 1.56. The highest BCUT2D eigenvalue weighted by Crippen LogP contribution is 2.44. The van der Waals surface area contributed by atoms with Crippen molar-refractivity contribution in [3.63, 3.8) is 0 Å². The van der Waals surface area contributed by atoms with Gasteiger partial charge in [-0.1, -0.05) is 0 Å². The van der Waals surface area contributed by atoms with E-state index < -0.39 is 0 Å². The van der Waals surface area contributed by atoms with E-state index in [1.165, 1.54) is 45.2 Å². The zero-order valence-corrected chi connectivity index (χ0v) is 11.2. The standard InChI is InChI=1S/C15H24N2O/c18-14-7-1-6-13-12-5-3-9-16-8-2-4-11(15(12)16)10-17(13)14/h11-13,15H,1-10H2/t11?,12?,13-,15-/m1/s1. The molecule has 100 valence electrons. The number of amides is 1. The molecule has 0 N–H and O–H groups in total. The molecule has 4 rings (SSSR count). The fourth-order valence-corrected chi connectivity index (χ4v) is 5.26. The Hall–Kier alpha value is -0.570. The van der Waals surface area contributed by atoms with Gasteiger partial charge in [-0.3, -0.25) is 9.69 Å². The van der Waals surface area contributed by atoms with E-state index in [1.54, 1.807) is 0 Å². The number of piperidine rings is 4. The van der Waals surface area contributed by atoms with Crippen molar-refractivity contribution >= 4 is 5.91 Å². The van der Waals surface area contributed by atoms with Crippen LogP contribution < -0.4 is 0 Å². The number of hydrogen-bond acceptors (Lipinski definition) is 2. The Bertz CT molecular complexity index is 354. The molecule has 0 bridgehead atoms. The van der Waals surface area contributed by atoms with Crippen molar-refractivity contribution in [3.8, 4) is 0 Å². The second-order valence-electron chi connectivity index (χ2n) is 6.74. The van der Waals surface area contributed by atoms with Gasteiger partial charge in [0.05, 0.1) is 0 Å². The minimum absolute atomic E-state index is 0.451. The summed E-state index contributed by atoms with van der Waals surface area (Å²) < 4.78 is 0. The first-order chi connectivity index (χ1) is 8.84. The quantitative estimate of drug-likeness (QED) is 0.653. The van der Waals surface area contributed by atoms with Gasteiger partial charge in [-0.05, 0) is 63.5 Å². The van der Waals surface area contributed by atoms with Crippen molar-refractivity contribution < 1.29 is 4.79 Å². The van der Waals surface area contributed by atoms with Gasteiger partial charge in [-0.15, -0.1) is 0 Å². The highest BCUT2D eigenvalue weighted by Gasteiger charge is 2.50. The van der Waals surface area contributed by atoms with Gasteiger partial charge in [0.2, 0.25) is 5.91 Å². The molecule has 18 heavy (non-hydrogen) atoms. The number of rotatable bonds is 0. The molecule has 0 aromatic heterocycles. The smallest absolute Gasteiger partial charge is 0.222 e. The van der Waals surface area contributed by atoms with Gasteiger partial charge >= 0.3 is 0 Å². The summed E-state index contributed by atoms with van der Waals surface area (Å²) in [5.41, 5.74) is 0. The van der Waals surface area contributed by atoms with Crippen molar-refractivity contribution in [1.82, 2.24) is 9.80 Å².